The first-order chi connectivity index (χ1) is 17.5. The molecule has 0 saturated heterocycles. The minimum atomic E-state index is -1.08. The van der Waals surface area contributed by atoms with Gasteiger partial charge in [0.2, 0.25) is 5.82 Å². The van der Waals surface area contributed by atoms with E-state index < -0.39 is 23.4 Å². The van der Waals surface area contributed by atoms with Crippen molar-refractivity contribution in [2.75, 3.05) is 4.90 Å². The number of aryl methyl sites for hydroxylation is 2. The largest absolute Gasteiger partial charge is 0.464 e. The highest BCUT2D eigenvalue weighted by Gasteiger charge is 2.37. The number of rotatable bonds is 7. The number of amides is 2. The molecule has 0 aliphatic rings. The molecule has 192 valence electrons. The number of halogens is 1. The molecule has 10 heteroatoms. The SMILES string of the molecule is Cc1ccc([C@H](C(=O)NC(C)(C)C)N(C(=O)Cn2nnc(-c3ccc(F)cc3)n2)c2ccccc2C)o1. The number of nitrogens with one attached hydrogen (secondary N) is 1. The molecule has 0 saturated carbocycles. The molecule has 2 heterocycles. The van der Waals surface area contributed by atoms with Crippen molar-refractivity contribution in [2.45, 2.75) is 52.7 Å². The number of para-hydroxylation sites is 1. The van der Waals surface area contributed by atoms with Crippen LogP contribution in [0.2, 0.25) is 0 Å². The average Bonchev–Trinajstić information content (AvgIpc) is 3.46. The van der Waals surface area contributed by atoms with Crippen LogP contribution in [0.15, 0.2) is 65.1 Å². The van der Waals surface area contributed by atoms with Crippen molar-refractivity contribution in [2.24, 2.45) is 0 Å². The summed E-state index contributed by atoms with van der Waals surface area (Å²) in [6, 6.07) is 15.3. The zero-order chi connectivity index (χ0) is 26.7. The molecule has 2 aromatic heterocycles. The molecule has 2 amide bonds. The number of carbonyl (C=O) groups is 2. The summed E-state index contributed by atoms with van der Waals surface area (Å²) in [5.74, 6) is -0.0265. The third kappa shape index (κ3) is 6.08. The molecule has 1 atom stereocenters. The van der Waals surface area contributed by atoms with Crippen LogP contribution in [0.25, 0.3) is 11.4 Å². The molecule has 0 bridgehead atoms. The van der Waals surface area contributed by atoms with E-state index in [1.165, 1.54) is 29.2 Å². The van der Waals surface area contributed by atoms with Gasteiger partial charge in [0.1, 0.15) is 23.9 Å². The molecule has 2 aromatic carbocycles. The van der Waals surface area contributed by atoms with Crippen LogP contribution < -0.4 is 10.2 Å². The van der Waals surface area contributed by atoms with Crippen LogP contribution in [-0.2, 0) is 16.1 Å². The van der Waals surface area contributed by atoms with Gasteiger partial charge in [-0.25, -0.2) is 4.39 Å². The Kier molecular flexibility index (Phi) is 7.19. The van der Waals surface area contributed by atoms with Gasteiger partial charge in [-0.05, 0) is 87.9 Å². The van der Waals surface area contributed by atoms with Crippen LogP contribution in [0, 0.1) is 19.7 Å². The van der Waals surface area contributed by atoms with E-state index in [2.05, 4.69) is 20.7 Å². The Hall–Kier alpha value is -4.34. The summed E-state index contributed by atoms with van der Waals surface area (Å²) in [6.45, 7) is 8.95. The standard InChI is InChI=1S/C27H29FN6O3/c1-17-8-6-7-9-21(17)34(24(22-15-10-18(2)37-22)26(36)29-27(3,4)5)23(35)16-33-31-25(30-32-33)19-11-13-20(28)14-12-19/h6-15,24H,16H2,1-5H3,(H,29,36)/t24-/m1/s1. The van der Waals surface area contributed by atoms with E-state index in [9.17, 15) is 14.0 Å². The number of hydrogen-bond acceptors (Lipinski definition) is 6. The van der Waals surface area contributed by atoms with E-state index in [0.717, 1.165) is 10.4 Å². The number of carbonyl (C=O) groups excluding carboxylic acids is 2. The van der Waals surface area contributed by atoms with Crippen LogP contribution in [0.3, 0.4) is 0 Å². The normalized spacial score (nSPS) is 12.3. The Bertz CT molecular complexity index is 1400. The van der Waals surface area contributed by atoms with Crippen LogP contribution in [-0.4, -0.2) is 37.6 Å². The molecule has 0 aliphatic carbocycles. The highest BCUT2D eigenvalue weighted by atomic mass is 19.1. The van der Waals surface area contributed by atoms with Crippen LogP contribution >= 0.6 is 0 Å². The second-order valence-corrected chi connectivity index (χ2v) is 9.79. The molecule has 4 rings (SSSR count). The quantitative estimate of drug-likeness (QED) is 0.400. The second-order valence-electron chi connectivity index (χ2n) is 9.79. The molecular weight excluding hydrogens is 475 g/mol. The Labute approximate surface area is 214 Å². The van der Waals surface area contributed by atoms with Crippen molar-refractivity contribution in [3.63, 3.8) is 0 Å². The molecule has 0 spiro atoms. The zero-order valence-corrected chi connectivity index (χ0v) is 21.4. The Morgan fingerprint density at radius 1 is 1.05 bits per heavy atom. The Balaban J connectivity index is 1.73. The van der Waals surface area contributed by atoms with Gasteiger partial charge in [0.05, 0.1) is 0 Å². The highest BCUT2D eigenvalue weighted by Crippen LogP contribution is 2.32. The molecule has 1 N–H and O–H groups in total. The average molecular weight is 505 g/mol. The first kappa shape index (κ1) is 25.7. The van der Waals surface area contributed by atoms with Crippen molar-refractivity contribution < 1.29 is 18.4 Å². The molecule has 0 unspecified atom stereocenters. The lowest BCUT2D eigenvalue weighted by atomic mass is 10.0. The van der Waals surface area contributed by atoms with E-state index in [1.807, 2.05) is 39.8 Å². The maximum Gasteiger partial charge on any atom is 0.251 e. The van der Waals surface area contributed by atoms with Crippen molar-refractivity contribution in [3.8, 4) is 11.4 Å². The lowest BCUT2D eigenvalue weighted by molar-refractivity contribution is -0.128. The van der Waals surface area contributed by atoms with Crippen LogP contribution in [0.4, 0.5) is 10.1 Å². The van der Waals surface area contributed by atoms with Crippen molar-refractivity contribution >= 4 is 17.5 Å². The van der Waals surface area contributed by atoms with E-state index in [-0.39, 0.29) is 18.2 Å². The molecule has 0 aliphatic heterocycles. The van der Waals surface area contributed by atoms with Gasteiger partial charge in [-0.3, -0.25) is 14.5 Å². The summed E-state index contributed by atoms with van der Waals surface area (Å²) in [6.07, 6.45) is 0. The van der Waals surface area contributed by atoms with Crippen molar-refractivity contribution in [3.05, 3.63) is 83.6 Å². The molecule has 9 nitrogen and oxygen atoms in total. The lowest BCUT2D eigenvalue weighted by Gasteiger charge is -2.33. The number of anilines is 1. The van der Waals surface area contributed by atoms with Gasteiger partial charge in [0, 0.05) is 16.8 Å². The molecule has 37 heavy (non-hydrogen) atoms. The topological polar surface area (TPSA) is 106 Å². The van der Waals surface area contributed by atoms with E-state index >= 15 is 0 Å². The number of aromatic nitrogens is 4. The molecular formula is C27H29FN6O3. The van der Waals surface area contributed by atoms with Gasteiger partial charge in [-0.2, -0.15) is 4.80 Å². The summed E-state index contributed by atoms with van der Waals surface area (Å²) in [7, 11) is 0. The number of tetrazole rings is 1. The van der Waals surface area contributed by atoms with E-state index in [0.29, 0.717) is 22.8 Å². The number of nitrogens with zero attached hydrogens (tertiary/aromatic N) is 5. The molecule has 0 radical (unpaired) electrons. The van der Waals surface area contributed by atoms with Gasteiger partial charge in [0.15, 0.2) is 6.04 Å². The minimum absolute atomic E-state index is 0.249. The molecule has 4 aromatic rings. The fraction of sp³-hybridized carbons (Fsp3) is 0.296. The smallest absolute Gasteiger partial charge is 0.251 e. The highest BCUT2D eigenvalue weighted by molar-refractivity contribution is 6.01. The maximum absolute atomic E-state index is 13.9. The van der Waals surface area contributed by atoms with Gasteiger partial charge < -0.3 is 9.73 Å². The predicted octanol–water partition coefficient (Wildman–Crippen LogP) is 4.38. The summed E-state index contributed by atoms with van der Waals surface area (Å²) in [5.41, 5.74) is 1.36. The maximum atomic E-state index is 13.9. The summed E-state index contributed by atoms with van der Waals surface area (Å²) in [5, 5.41) is 15.3. The first-order valence-corrected chi connectivity index (χ1v) is 11.8. The minimum Gasteiger partial charge on any atom is -0.464 e. The van der Waals surface area contributed by atoms with Crippen molar-refractivity contribution in [1.82, 2.24) is 25.5 Å². The summed E-state index contributed by atoms with van der Waals surface area (Å²) in [4.78, 5) is 30.1. The first-order valence-electron chi connectivity index (χ1n) is 11.8. The fourth-order valence-electron chi connectivity index (χ4n) is 3.89. The lowest BCUT2D eigenvalue weighted by Crippen LogP contribution is -2.50. The van der Waals surface area contributed by atoms with Gasteiger partial charge in [0.25, 0.3) is 11.8 Å². The van der Waals surface area contributed by atoms with E-state index in [1.54, 1.807) is 31.2 Å². The van der Waals surface area contributed by atoms with Gasteiger partial charge >= 0.3 is 0 Å². The third-order valence-electron chi connectivity index (χ3n) is 5.51. The predicted molar refractivity (Wildman–Crippen MR) is 136 cm³/mol. The third-order valence-corrected chi connectivity index (χ3v) is 5.51. The Morgan fingerprint density at radius 3 is 2.38 bits per heavy atom. The van der Waals surface area contributed by atoms with Crippen LogP contribution in [0.1, 0.15) is 43.9 Å². The Morgan fingerprint density at radius 2 is 1.76 bits per heavy atom. The monoisotopic (exact) mass is 504 g/mol. The van der Waals surface area contributed by atoms with Crippen molar-refractivity contribution in [1.29, 1.82) is 0 Å². The van der Waals surface area contributed by atoms with Gasteiger partial charge in [-0.15, -0.1) is 10.2 Å². The van der Waals surface area contributed by atoms with Gasteiger partial charge in [-0.1, -0.05) is 18.2 Å². The number of furan rings is 1. The van der Waals surface area contributed by atoms with E-state index in [4.69, 9.17) is 4.42 Å². The molecule has 0 fully saturated rings. The summed E-state index contributed by atoms with van der Waals surface area (Å²) >= 11 is 0. The number of benzene rings is 2. The second kappa shape index (κ2) is 10.3. The van der Waals surface area contributed by atoms with Crippen LogP contribution in [0.5, 0.6) is 0 Å². The summed E-state index contributed by atoms with van der Waals surface area (Å²) < 4.78 is 19.2. The number of hydrogen-bond donors (Lipinski definition) is 1. The fourth-order valence-corrected chi connectivity index (χ4v) is 3.89. The zero-order valence-electron chi connectivity index (χ0n) is 21.4.